The standard InChI is InChI=1S/C21H24N4O3/c1-24-12-17(20(26)22-14-8-10-16(28-2)11-9-14)19-18(13-24)21(27)25(23-19)15-6-4-3-5-7-15/h3-11,17-19,23H,12-13H2,1-2H3,(H,22,26). The van der Waals surface area contributed by atoms with Crippen LogP contribution in [0.15, 0.2) is 54.6 Å². The van der Waals surface area contributed by atoms with Crippen molar-refractivity contribution in [2.75, 3.05) is 37.6 Å². The highest BCUT2D eigenvalue weighted by Gasteiger charge is 2.50. The van der Waals surface area contributed by atoms with Gasteiger partial charge in [-0.2, -0.15) is 0 Å². The topological polar surface area (TPSA) is 73.9 Å². The highest BCUT2D eigenvalue weighted by Crippen LogP contribution is 2.32. The summed E-state index contributed by atoms with van der Waals surface area (Å²) in [4.78, 5) is 28.0. The number of benzene rings is 2. The number of piperidine rings is 1. The monoisotopic (exact) mass is 380 g/mol. The third kappa shape index (κ3) is 3.46. The maximum atomic E-state index is 13.0. The minimum atomic E-state index is -0.344. The highest BCUT2D eigenvalue weighted by atomic mass is 16.5. The lowest BCUT2D eigenvalue weighted by Crippen LogP contribution is -2.55. The quantitative estimate of drug-likeness (QED) is 0.845. The Morgan fingerprint density at radius 3 is 2.50 bits per heavy atom. The number of fused-ring (bicyclic) bond motifs is 1. The van der Waals surface area contributed by atoms with Crippen molar-refractivity contribution in [2.45, 2.75) is 6.04 Å². The Balaban J connectivity index is 1.53. The third-order valence-electron chi connectivity index (χ3n) is 5.41. The summed E-state index contributed by atoms with van der Waals surface area (Å²) in [5.74, 6) is 0.0398. The van der Waals surface area contributed by atoms with Gasteiger partial charge in [0.2, 0.25) is 11.8 Å². The summed E-state index contributed by atoms with van der Waals surface area (Å²) in [6, 6.07) is 16.5. The Morgan fingerprint density at radius 2 is 1.82 bits per heavy atom. The molecule has 146 valence electrons. The minimum Gasteiger partial charge on any atom is -0.497 e. The number of ether oxygens (including phenoxy) is 1. The molecule has 0 aliphatic carbocycles. The molecule has 2 aliphatic rings. The molecular formula is C21H24N4O3. The first-order chi connectivity index (χ1) is 13.6. The van der Waals surface area contributed by atoms with Gasteiger partial charge in [-0.3, -0.25) is 9.59 Å². The Bertz CT molecular complexity index is 856. The third-order valence-corrected chi connectivity index (χ3v) is 5.41. The molecule has 0 bridgehead atoms. The van der Waals surface area contributed by atoms with Crippen LogP contribution in [0.3, 0.4) is 0 Å². The van der Waals surface area contributed by atoms with Gasteiger partial charge in [-0.15, -0.1) is 0 Å². The average molecular weight is 380 g/mol. The number of hydrogen-bond acceptors (Lipinski definition) is 5. The van der Waals surface area contributed by atoms with Crippen LogP contribution in [0.1, 0.15) is 0 Å². The van der Waals surface area contributed by atoms with Crippen molar-refractivity contribution in [2.24, 2.45) is 11.8 Å². The van der Waals surface area contributed by atoms with Gasteiger partial charge in [-0.05, 0) is 43.4 Å². The number of anilines is 2. The molecule has 3 unspecified atom stereocenters. The molecule has 7 heteroatoms. The zero-order valence-electron chi connectivity index (χ0n) is 16.0. The van der Waals surface area contributed by atoms with Gasteiger partial charge in [0.05, 0.1) is 30.7 Å². The number of rotatable bonds is 4. The molecule has 2 heterocycles. The second-order valence-corrected chi connectivity index (χ2v) is 7.32. The van der Waals surface area contributed by atoms with Crippen LogP contribution < -0.4 is 20.5 Å². The summed E-state index contributed by atoms with van der Waals surface area (Å²) in [6.45, 7) is 1.22. The fourth-order valence-corrected chi connectivity index (χ4v) is 3.98. The predicted octanol–water partition coefficient (Wildman–Crippen LogP) is 1.73. The molecule has 0 radical (unpaired) electrons. The molecule has 2 aromatic carbocycles. The maximum Gasteiger partial charge on any atom is 0.247 e. The van der Waals surface area contributed by atoms with Crippen molar-refractivity contribution in [1.82, 2.24) is 10.3 Å². The largest absolute Gasteiger partial charge is 0.497 e. The summed E-state index contributed by atoms with van der Waals surface area (Å²) < 4.78 is 5.15. The molecule has 2 N–H and O–H groups in total. The predicted molar refractivity (Wildman–Crippen MR) is 107 cm³/mol. The second-order valence-electron chi connectivity index (χ2n) is 7.32. The van der Waals surface area contributed by atoms with Crippen LogP contribution in [0.5, 0.6) is 5.75 Å². The van der Waals surface area contributed by atoms with Crippen LogP contribution in [0.25, 0.3) is 0 Å². The minimum absolute atomic E-state index is 0.00463. The van der Waals surface area contributed by atoms with E-state index < -0.39 is 0 Å². The Hall–Kier alpha value is -2.90. The summed E-state index contributed by atoms with van der Waals surface area (Å²) in [5.41, 5.74) is 4.79. The van der Waals surface area contributed by atoms with E-state index in [-0.39, 0.29) is 29.7 Å². The molecule has 0 spiro atoms. The summed E-state index contributed by atoms with van der Waals surface area (Å²) >= 11 is 0. The van der Waals surface area contributed by atoms with Crippen molar-refractivity contribution in [3.8, 4) is 5.75 Å². The van der Waals surface area contributed by atoms with E-state index in [2.05, 4.69) is 10.7 Å². The molecule has 0 saturated carbocycles. The first kappa shape index (κ1) is 18.5. The average Bonchev–Trinajstić information content (AvgIpc) is 3.05. The molecule has 28 heavy (non-hydrogen) atoms. The Kier molecular flexibility index (Phi) is 5.02. The SMILES string of the molecule is COc1ccc(NC(=O)C2CN(C)CC3C(=O)N(c4ccccc4)NC23)cc1. The van der Waals surface area contributed by atoms with Gasteiger partial charge in [-0.1, -0.05) is 18.2 Å². The van der Waals surface area contributed by atoms with Crippen molar-refractivity contribution < 1.29 is 14.3 Å². The lowest BCUT2D eigenvalue weighted by atomic mass is 9.84. The van der Waals surface area contributed by atoms with Crippen molar-refractivity contribution >= 4 is 23.2 Å². The zero-order chi connectivity index (χ0) is 19.7. The van der Waals surface area contributed by atoms with E-state index in [1.165, 1.54) is 0 Å². The van der Waals surface area contributed by atoms with Crippen LogP contribution in [-0.4, -0.2) is 50.0 Å². The molecule has 0 aromatic heterocycles. The molecule has 2 fully saturated rings. The van der Waals surface area contributed by atoms with E-state index >= 15 is 0 Å². The summed E-state index contributed by atoms with van der Waals surface area (Å²) in [7, 11) is 3.55. The first-order valence-corrected chi connectivity index (χ1v) is 9.35. The fraction of sp³-hybridized carbons (Fsp3) is 0.333. The molecule has 7 nitrogen and oxygen atoms in total. The number of amides is 2. The fourth-order valence-electron chi connectivity index (χ4n) is 3.98. The van der Waals surface area contributed by atoms with Crippen molar-refractivity contribution in [1.29, 1.82) is 0 Å². The molecule has 4 rings (SSSR count). The van der Waals surface area contributed by atoms with Gasteiger partial charge in [-0.25, -0.2) is 10.4 Å². The molecule has 2 amide bonds. The number of hydrogen-bond donors (Lipinski definition) is 2. The Labute approximate surface area is 164 Å². The molecule has 3 atom stereocenters. The van der Waals surface area contributed by atoms with Gasteiger partial charge >= 0.3 is 0 Å². The van der Waals surface area contributed by atoms with E-state index in [0.717, 1.165) is 11.4 Å². The van der Waals surface area contributed by atoms with Gasteiger partial charge < -0.3 is 15.0 Å². The van der Waals surface area contributed by atoms with Crippen molar-refractivity contribution in [3.05, 3.63) is 54.6 Å². The van der Waals surface area contributed by atoms with E-state index in [9.17, 15) is 9.59 Å². The smallest absolute Gasteiger partial charge is 0.247 e. The van der Waals surface area contributed by atoms with Gasteiger partial charge in [0.1, 0.15) is 5.75 Å². The van der Waals surface area contributed by atoms with Gasteiger partial charge in [0, 0.05) is 18.8 Å². The van der Waals surface area contributed by atoms with E-state index in [4.69, 9.17) is 4.74 Å². The van der Waals surface area contributed by atoms with Crippen LogP contribution in [0.4, 0.5) is 11.4 Å². The molecule has 2 aromatic rings. The number of para-hydroxylation sites is 1. The number of nitrogens with one attached hydrogen (secondary N) is 2. The van der Waals surface area contributed by atoms with Gasteiger partial charge in [0.15, 0.2) is 0 Å². The van der Waals surface area contributed by atoms with Crippen LogP contribution in [0, 0.1) is 11.8 Å². The van der Waals surface area contributed by atoms with E-state index in [1.54, 1.807) is 24.3 Å². The number of nitrogens with zero attached hydrogens (tertiary/aromatic N) is 2. The van der Waals surface area contributed by atoms with Gasteiger partial charge in [0.25, 0.3) is 0 Å². The van der Waals surface area contributed by atoms with Crippen molar-refractivity contribution in [3.63, 3.8) is 0 Å². The molecule has 2 saturated heterocycles. The lowest BCUT2D eigenvalue weighted by molar-refractivity contribution is -0.125. The maximum absolute atomic E-state index is 13.0. The normalized spacial score (nSPS) is 24.7. The molecule has 2 aliphatic heterocycles. The number of carbonyl (C=O) groups is 2. The first-order valence-electron chi connectivity index (χ1n) is 9.35. The zero-order valence-corrected chi connectivity index (χ0v) is 16.0. The second kappa shape index (κ2) is 7.61. The van der Waals surface area contributed by atoms with Crippen LogP contribution in [-0.2, 0) is 9.59 Å². The number of carbonyl (C=O) groups excluding carboxylic acids is 2. The molecular weight excluding hydrogens is 356 g/mol. The lowest BCUT2D eigenvalue weighted by Gasteiger charge is -2.36. The number of methoxy groups -OCH3 is 1. The number of likely N-dealkylation sites (tertiary alicyclic amines) is 1. The van der Waals surface area contributed by atoms with E-state index in [1.807, 2.05) is 54.4 Å². The summed E-state index contributed by atoms with van der Waals surface area (Å²) in [5, 5.41) is 4.56. The summed E-state index contributed by atoms with van der Waals surface area (Å²) in [6.07, 6.45) is 0. The number of hydrazine groups is 1. The Morgan fingerprint density at radius 1 is 1.11 bits per heavy atom. The van der Waals surface area contributed by atoms with E-state index in [0.29, 0.717) is 18.8 Å². The van der Waals surface area contributed by atoms with Crippen LogP contribution in [0.2, 0.25) is 0 Å². The highest BCUT2D eigenvalue weighted by molar-refractivity contribution is 6.00. The van der Waals surface area contributed by atoms with Crippen LogP contribution >= 0.6 is 0 Å².